The van der Waals surface area contributed by atoms with Crippen LogP contribution in [0, 0.1) is 5.82 Å². The van der Waals surface area contributed by atoms with Gasteiger partial charge in [-0.3, -0.25) is 4.79 Å². The Kier molecular flexibility index (Phi) is 5.91. The fourth-order valence-corrected chi connectivity index (χ4v) is 3.85. The minimum atomic E-state index is -0.604. The zero-order valence-corrected chi connectivity index (χ0v) is 17.8. The summed E-state index contributed by atoms with van der Waals surface area (Å²) < 4.78 is 25.3. The minimum absolute atomic E-state index is 0.308. The van der Waals surface area contributed by atoms with Gasteiger partial charge in [0, 0.05) is 17.5 Å². The average molecular weight is 439 g/mol. The van der Waals surface area contributed by atoms with E-state index in [9.17, 15) is 9.18 Å². The lowest BCUT2D eigenvalue weighted by Gasteiger charge is -2.22. The molecule has 0 saturated heterocycles. The van der Waals surface area contributed by atoms with E-state index >= 15 is 0 Å². The van der Waals surface area contributed by atoms with Crippen molar-refractivity contribution in [1.29, 1.82) is 0 Å². The Morgan fingerprint density at radius 2 is 1.74 bits per heavy atom. The minimum Gasteiger partial charge on any atom is -0.493 e. The van der Waals surface area contributed by atoms with Gasteiger partial charge in [-0.2, -0.15) is 5.10 Å². The molecule has 31 heavy (non-hydrogen) atoms. The first-order chi connectivity index (χ1) is 15.0. The Hall–Kier alpha value is -3.38. The quantitative estimate of drug-likeness (QED) is 0.529. The summed E-state index contributed by atoms with van der Waals surface area (Å²) in [4.78, 5) is 13.3. The molecule has 5 nitrogen and oxygen atoms in total. The molecule has 7 heteroatoms. The zero-order valence-electron chi connectivity index (χ0n) is 17.0. The predicted octanol–water partition coefficient (Wildman–Crippen LogP) is 5.49. The molecular formula is C24H20ClFN2O3. The van der Waals surface area contributed by atoms with Gasteiger partial charge in [0.2, 0.25) is 0 Å². The lowest BCUT2D eigenvalue weighted by molar-refractivity contribution is 0.0709. The second kappa shape index (κ2) is 8.78. The van der Waals surface area contributed by atoms with Gasteiger partial charge in [0.1, 0.15) is 5.82 Å². The summed E-state index contributed by atoms with van der Waals surface area (Å²) in [7, 11) is 3.11. The first-order valence-electron chi connectivity index (χ1n) is 9.66. The molecule has 1 heterocycles. The van der Waals surface area contributed by atoms with E-state index in [1.165, 1.54) is 11.1 Å². The van der Waals surface area contributed by atoms with Crippen molar-refractivity contribution in [2.45, 2.75) is 12.5 Å². The fraction of sp³-hybridized carbons (Fsp3) is 0.167. The van der Waals surface area contributed by atoms with E-state index in [1.54, 1.807) is 68.8 Å². The number of carbonyl (C=O) groups is 1. The highest BCUT2D eigenvalue weighted by molar-refractivity contribution is 6.33. The van der Waals surface area contributed by atoms with Crippen LogP contribution in [0.1, 0.15) is 33.9 Å². The maximum atomic E-state index is 14.7. The van der Waals surface area contributed by atoms with Gasteiger partial charge in [0.05, 0.1) is 36.6 Å². The standard InChI is InChI=1S/C24H20ClFN2O3/c1-30-22-12-11-15(13-23(22)31-2)20-14-21(17-8-4-6-10-19(17)26)28(27-20)24(29)16-7-3-5-9-18(16)25/h3-13,21H,14H2,1-2H3. The van der Waals surface area contributed by atoms with Gasteiger partial charge in [-0.25, -0.2) is 9.40 Å². The number of hydrazone groups is 1. The van der Waals surface area contributed by atoms with Crippen LogP contribution in [-0.4, -0.2) is 30.8 Å². The first kappa shape index (κ1) is 20.9. The number of nitrogens with zero attached hydrogens (tertiary/aromatic N) is 2. The molecule has 0 fully saturated rings. The predicted molar refractivity (Wildman–Crippen MR) is 117 cm³/mol. The molecule has 4 rings (SSSR count). The van der Waals surface area contributed by atoms with E-state index < -0.39 is 17.8 Å². The highest BCUT2D eigenvalue weighted by atomic mass is 35.5. The van der Waals surface area contributed by atoms with Gasteiger partial charge in [-0.15, -0.1) is 0 Å². The smallest absolute Gasteiger partial charge is 0.276 e. The highest BCUT2D eigenvalue weighted by Gasteiger charge is 2.35. The molecule has 0 radical (unpaired) electrons. The number of rotatable bonds is 5. The summed E-state index contributed by atoms with van der Waals surface area (Å²) >= 11 is 6.25. The Labute approximate surface area is 184 Å². The van der Waals surface area contributed by atoms with Crippen molar-refractivity contribution in [3.05, 3.63) is 94.3 Å². The van der Waals surface area contributed by atoms with Crippen LogP contribution >= 0.6 is 11.6 Å². The number of amides is 1. The molecule has 1 unspecified atom stereocenters. The van der Waals surface area contributed by atoms with Crippen molar-refractivity contribution in [3.8, 4) is 11.5 Å². The second-order valence-corrected chi connectivity index (χ2v) is 7.39. The number of halogens is 2. The molecule has 0 bridgehead atoms. The van der Waals surface area contributed by atoms with Crippen LogP contribution in [0.4, 0.5) is 4.39 Å². The van der Waals surface area contributed by atoms with Crippen LogP contribution in [0.15, 0.2) is 71.8 Å². The van der Waals surface area contributed by atoms with Crippen LogP contribution in [0.3, 0.4) is 0 Å². The number of hydrogen-bond acceptors (Lipinski definition) is 4. The third-order valence-electron chi connectivity index (χ3n) is 5.20. The molecule has 3 aromatic rings. The van der Waals surface area contributed by atoms with E-state index in [4.69, 9.17) is 21.1 Å². The lowest BCUT2D eigenvalue weighted by atomic mass is 9.97. The monoisotopic (exact) mass is 438 g/mol. The molecule has 0 spiro atoms. The summed E-state index contributed by atoms with van der Waals surface area (Å²) in [6.45, 7) is 0. The summed E-state index contributed by atoms with van der Waals surface area (Å²) in [6.07, 6.45) is 0.340. The molecule has 3 aromatic carbocycles. The molecule has 0 saturated carbocycles. The van der Waals surface area contributed by atoms with Crippen molar-refractivity contribution in [1.82, 2.24) is 5.01 Å². The molecule has 1 atom stereocenters. The molecule has 1 aliphatic rings. The number of ether oxygens (including phenoxy) is 2. The topological polar surface area (TPSA) is 51.1 Å². The van der Waals surface area contributed by atoms with Gasteiger partial charge in [0.25, 0.3) is 5.91 Å². The van der Waals surface area contributed by atoms with Crippen molar-refractivity contribution >= 4 is 23.2 Å². The number of benzene rings is 3. The Morgan fingerprint density at radius 1 is 1.03 bits per heavy atom. The van der Waals surface area contributed by atoms with Crippen molar-refractivity contribution in [2.24, 2.45) is 5.10 Å². The Balaban J connectivity index is 1.78. The van der Waals surface area contributed by atoms with Crippen LogP contribution in [-0.2, 0) is 0 Å². The van der Waals surface area contributed by atoms with Gasteiger partial charge >= 0.3 is 0 Å². The van der Waals surface area contributed by atoms with E-state index in [2.05, 4.69) is 5.10 Å². The van der Waals surface area contributed by atoms with Gasteiger partial charge in [-0.1, -0.05) is 41.9 Å². The van der Waals surface area contributed by atoms with Crippen molar-refractivity contribution in [3.63, 3.8) is 0 Å². The summed E-state index contributed by atoms with van der Waals surface area (Å²) in [5, 5.41) is 6.21. The van der Waals surface area contributed by atoms with E-state index in [0.29, 0.717) is 39.8 Å². The van der Waals surface area contributed by atoms with Gasteiger partial charge in [-0.05, 0) is 36.4 Å². The number of carbonyl (C=O) groups excluding carboxylic acids is 1. The molecule has 1 aliphatic heterocycles. The summed E-state index contributed by atoms with van der Waals surface area (Å²) in [6, 6.07) is 17.9. The third-order valence-corrected chi connectivity index (χ3v) is 5.53. The molecular weight excluding hydrogens is 419 g/mol. The maximum Gasteiger partial charge on any atom is 0.276 e. The largest absolute Gasteiger partial charge is 0.493 e. The maximum absolute atomic E-state index is 14.7. The van der Waals surface area contributed by atoms with E-state index in [1.807, 2.05) is 6.07 Å². The van der Waals surface area contributed by atoms with Crippen molar-refractivity contribution < 1.29 is 18.7 Å². The number of methoxy groups -OCH3 is 2. The Morgan fingerprint density at radius 3 is 2.45 bits per heavy atom. The van der Waals surface area contributed by atoms with Crippen LogP contribution in [0.2, 0.25) is 5.02 Å². The highest BCUT2D eigenvalue weighted by Crippen LogP contribution is 2.37. The molecule has 158 valence electrons. The molecule has 0 aliphatic carbocycles. The van der Waals surface area contributed by atoms with Crippen LogP contribution in [0.25, 0.3) is 0 Å². The molecule has 1 amide bonds. The van der Waals surface area contributed by atoms with Gasteiger partial charge < -0.3 is 9.47 Å². The zero-order chi connectivity index (χ0) is 22.0. The van der Waals surface area contributed by atoms with E-state index in [-0.39, 0.29) is 0 Å². The fourth-order valence-electron chi connectivity index (χ4n) is 3.63. The molecule has 0 N–H and O–H groups in total. The van der Waals surface area contributed by atoms with Crippen molar-refractivity contribution in [2.75, 3.05) is 14.2 Å². The SMILES string of the molecule is COc1ccc(C2=NN(C(=O)c3ccccc3Cl)C(c3ccccc3F)C2)cc1OC. The van der Waals surface area contributed by atoms with E-state index in [0.717, 1.165) is 5.56 Å². The van der Waals surface area contributed by atoms with Gasteiger partial charge in [0.15, 0.2) is 11.5 Å². The lowest BCUT2D eigenvalue weighted by Crippen LogP contribution is -2.27. The number of hydrogen-bond donors (Lipinski definition) is 0. The van der Waals surface area contributed by atoms with Crippen LogP contribution < -0.4 is 9.47 Å². The third kappa shape index (κ3) is 3.99. The first-order valence-corrected chi connectivity index (χ1v) is 10.0. The Bertz CT molecular complexity index is 1170. The van der Waals surface area contributed by atoms with Crippen LogP contribution in [0.5, 0.6) is 11.5 Å². The molecule has 0 aromatic heterocycles. The normalized spacial score (nSPS) is 15.5. The summed E-state index contributed by atoms with van der Waals surface area (Å²) in [5.74, 6) is 0.336. The summed E-state index contributed by atoms with van der Waals surface area (Å²) in [5.41, 5.74) is 2.09. The average Bonchev–Trinajstić information content (AvgIpc) is 3.24. The second-order valence-electron chi connectivity index (χ2n) is 6.99.